The van der Waals surface area contributed by atoms with E-state index in [1.165, 1.54) is 28.6 Å². The molecule has 1 aromatic rings. The molecule has 0 radical (unpaired) electrons. The molecule has 8 heteroatoms. The summed E-state index contributed by atoms with van der Waals surface area (Å²) in [6.07, 6.45) is 3.02. The highest BCUT2D eigenvalue weighted by Crippen LogP contribution is 2.21. The minimum atomic E-state index is -3.48. The quantitative estimate of drug-likeness (QED) is 0.786. The van der Waals surface area contributed by atoms with Gasteiger partial charge in [0.1, 0.15) is 0 Å². The van der Waals surface area contributed by atoms with E-state index in [2.05, 4.69) is 5.32 Å². The maximum Gasteiger partial charge on any atom is 0.306 e. The molecule has 24 heavy (non-hydrogen) atoms. The van der Waals surface area contributed by atoms with Gasteiger partial charge in [-0.3, -0.25) is 9.59 Å². The van der Waals surface area contributed by atoms with Crippen molar-refractivity contribution in [3.05, 3.63) is 24.3 Å². The van der Waals surface area contributed by atoms with E-state index < -0.39 is 21.9 Å². The molecule has 7 nitrogen and oxygen atoms in total. The van der Waals surface area contributed by atoms with Crippen LogP contribution in [0.2, 0.25) is 0 Å². The van der Waals surface area contributed by atoms with Crippen molar-refractivity contribution in [2.75, 3.05) is 25.0 Å². The highest BCUT2D eigenvalue weighted by Gasteiger charge is 2.25. The summed E-state index contributed by atoms with van der Waals surface area (Å²) in [7, 11) is -3.48. The number of anilines is 1. The minimum absolute atomic E-state index is 0.205. The number of ether oxygens (including phenoxy) is 1. The summed E-state index contributed by atoms with van der Waals surface area (Å²) in [4.78, 5) is 22.9. The van der Waals surface area contributed by atoms with Gasteiger partial charge in [-0.15, -0.1) is 0 Å². The molecule has 2 rings (SSSR count). The van der Waals surface area contributed by atoms with Crippen LogP contribution in [0.4, 0.5) is 5.69 Å². The van der Waals surface area contributed by atoms with Gasteiger partial charge in [0.25, 0.3) is 5.91 Å². The fourth-order valence-corrected chi connectivity index (χ4v) is 3.93. The van der Waals surface area contributed by atoms with Crippen LogP contribution in [0.3, 0.4) is 0 Å². The van der Waals surface area contributed by atoms with Crippen LogP contribution >= 0.6 is 0 Å². The van der Waals surface area contributed by atoms with Crippen LogP contribution in [0.1, 0.15) is 32.6 Å². The van der Waals surface area contributed by atoms with Crippen LogP contribution in [0.5, 0.6) is 0 Å². The molecule has 1 amide bonds. The van der Waals surface area contributed by atoms with Gasteiger partial charge in [-0.1, -0.05) is 13.3 Å². The Kier molecular flexibility index (Phi) is 6.33. The maximum atomic E-state index is 12.5. The lowest BCUT2D eigenvalue weighted by atomic mass is 10.2. The molecule has 0 unspecified atom stereocenters. The van der Waals surface area contributed by atoms with Crippen molar-refractivity contribution in [2.45, 2.75) is 37.5 Å². The molecule has 1 fully saturated rings. The molecule has 0 aromatic heterocycles. The fourth-order valence-electron chi connectivity index (χ4n) is 2.41. The Morgan fingerprint density at radius 1 is 1.12 bits per heavy atom. The molecule has 1 N–H and O–H groups in total. The largest absolute Gasteiger partial charge is 0.456 e. The third kappa shape index (κ3) is 4.78. The van der Waals surface area contributed by atoms with E-state index in [0.717, 1.165) is 19.3 Å². The summed E-state index contributed by atoms with van der Waals surface area (Å²) >= 11 is 0. The molecule has 1 saturated heterocycles. The Hall–Kier alpha value is -1.93. The van der Waals surface area contributed by atoms with E-state index in [-0.39, 0.29) is 17.9 Å². The van der Waals surface area contributed by atoms with Crippen LogP contribution in [-0.4, -0.2) is 44.3 Å². The number of nitrogens with one attached hydrogen (secondary N) is 1. The minimum Gasteiger partial charge on any atom is -0.456 e. The Morgan fingerprint density at radius 2 is 1.75 bits per heavy atom. The number of hydrogen-bond donors (Lipinski definition) is 1. The van der Waals surface area contributed by atoms with Gasteiger partial charge in [-0.25, -0.2) is 8.42 Å². The molecule has 132 valence electrons. The molecule has 0 saturated carbocycles. The fraction of sp³-hybridized carbons (Fsp3) is 0.500. The van der Waals surface area contributed by atoms with Crippen molar-refractivity contribution >= 4 is 27.6 Å². The lowest BCUT2D eigenvalue weighted by Gasteiger charge is -2.25. The van der Waals surface area contributed by atoms with Crippen LogP contribution < -0.4 is 5.32 Å². The van der Waals surface area contributed by atoms with Crippen LogP contribution in [0.25, 0.3) is 0 Å². The van der Waals surface area contributed by atoms with Crippen LogP contribution in [0.15, 0.2) is 29.2 Å². The SMILES string of the molecule is CCC(=O)OCC(=O)Nc1ccc(S(=O)(=O)N2CCCCC2)cc1. The van der Waals surface area contributed by atoms with E-state index in [0.29, 0.717) is 18.8 Å². The first-order chi connectivity index (χ1) is 11.4. The molecule has 0 atom stereocenters. The predicted octanol–water partition coefficient (Wildman–Crippen LogP) is 1.75. The number of benzene rings is 1. The van der Waals surface area contributed by atoms with E-state index >= 15 is 0 Å². The Balaban J connectivity index is 1.97. The van der Waals surface area contributed by atoms with Gasteiger partial charge in [0.05, 0.1) is 4.90 Å². The Morgan fingerprint density at radius 3 is 2.33 bits per heavy atom. The van der Waals surface area contributed by atoms with Gasteiger partial charge in [-0.2, -0.15) is 4.31 Å². The van der Waals surface area contributed by atoms with Crippen molar-refractivity contribution in [2.24, 2.45) is 0 Å². The molecule has 1 aromatic carbocycles. The zero-order valence-electron chi connectivity index (χ0n) is 13.7. The van der Waals surface area contributed by atoms with Gasteiger partial charge in [0, 0.05) is 25.2 Å². The van der Waals surface area contributed by atoms with Crippen molar-refractivity contribution < 1.29 is 22.7 Å². The number of piperidine rings is 1. The van der Waals surface area contributed by atoms with Crippen molar-refractivity contribution in [1.29, 1.82) is 0 Å². The maximum absolute atomic E-state index is 12.5. The summed E-state index contributed by atoms with van der Waals surface area (Å²) in [6, 6.07) is 5.99. The van der Waals surface area contributed by atoms with Gasteiger partial charge in [0.15, 0.2) is 6.61 Å². The molecule has 0 spiro atoms. The van der Waals surface area contributed by atoms with E-state index in [1.54, 1.807) is 6.92 Å². The third-order valence-corrected chi connectivity index (χ3v) is 5.66. The smallest absolute Gasteiger partial charge is 0.306 e. The molecule has 0 aliphatic carbocycles. The number of carbonyl (C=O) groups is 2. The zero-order valence-corrected chi connectivity index (χ0v) is 14.5. The number of nitrogens with zero attached hydrogens (tertiary/aromatic N) is 1. The van der Waals surface area contributed by atoms with Crippen LogP contribution in [0, 0.1) is 0 Å². The number of carbonyl (C=O) groups excluding carboxylic acids is 2. The molecule has 1 heterocycles. The summed E-state index contributed by atoms with van der Waals surface area (Å²) < 4.78 is 31.2. The lowest BCUT2D eigenvalue weighted by molar-refractivity contribution is -0.146. The van der Waals surface area contributed by atoms with Crippen molar-refractivity contribution in [1.82, 2.24) is 4.31 Å². The number of sulfonamides is 1. The average Bonchev–Trinajstić information content (AvgIpc) is 2.61. The van der Waals surface area contributed by atoms with Crippen molar-refractivity contribution in [3.8, 4) is 0 Å². The first-order valence-electron chi connectivity index (χ1n) is 7.99. The Bertz CT molecular complexity index is 679. The highest BCUT2D eigenvalue weighted by molar-refractivity contribution is 7.89. The van der Waals surface area contributed by atoms with E-state index in [1.807, 2.05) is 0 Å². The van der Waals surface area contributed by atoms with E-state index in [4.69, 9.17) is 4.74 Å². The first kappa shape index (κ1) is 18.4. The lowest BCUT2D eigenvalue weighted by Crippen LogP contribution is -2.35. The van der Waals surface area contributed by atoms with Crippen molar-refractivity contribution in [3.63, 3.8) is 0 Å². The predicted molar refractivity (Wildman–Crippen MR) is 88.9 cm³/mol. The molecule has 1 aliphatic rings. The van der Waals surface area contributed by atoms with Gasteiger partial charge < -0.3 is 10.1 Å². The monoisotopic (exact) mass is 354 g/mol. The highest BCUT2D eigenvalue weighted by atomic mass is 32.2. The first-order valence-corrected chi connectivity index (χ1v) is 9.43. The molecule has 1 aliphatic heterocycles. The van der Waals surface area contributed by atoms with E-state index in [9.17, 15) is 18.0 Å². The number of hydrogen-bond acceptors (Lipinski definition) is 5. The topological polar surface area (TPSA) is 92.8 Å². The molecular formula is C16H22N2O5S. The van der Waals surface area contributed by atoms with Gasteiger partial charge >= 0.3 is 5.97 Å². The normalized spacial score (nSPS) is 15.7. The standard InChI is InChI=1S/C16H22N2O5S/c1-2-16(20)23-12-15(19)17-13-6-8-14(9-7-13)24(21,22)18-10-4-3-5-11-18/h6-9H,2-5,10-12H2,1H3,(H,17,19). The third-order valence-electron chi connectivity index (χ3n) is 3.74. The summed E-state index contributed by atoms with van der Waals surface area (Å²) in [5.74, 6) is -0.920. The summed E-state index contributed by atoms with van der Waals surface area (Å²) in [5.41, 5.74) is 0.449. The molecular weight excluding hydrogens is 332 g/mol. The Labute approximate surface area is 142 Å². The number of amides is 1. The summed E-state index contributed by atoms with van der Waals surface area (Å²) in [6.45, 7) is 2.37. The number of rotatable bonds is 6. The second kappa shape index (κ2) is 8.25. The average molecular weight is 354 g/mol. The molecule has 0 bridgehead atoms. The van der Waals surface area contributed by atoms with Crippen LogP contribution in [-0.2, 0) is 24.3 Å². The second-order valence-corrected chi connectivity index (χ2v) is 7.49. The second-order valence-electron chi connectivity index (χ2n) is 5.55. The zero-order chi connectivity index (χ0) is 17.6. The summed E-state index contributed by atoms with van der Waals surface area (Å²) in [5, 5.41) is 2.55. The van der Waals surface area contributed by atoms with Gasteiger partial charge in [0.2, 0.25) is 10.0 Å². The van der Waals surface area contributed by atoms with Gasteiger partial charge in [-0.05, 0) is 37.1 Å². The number of esters is 1.